The third-order valence-electron chi connectivity index (χ3n) is 4.02. The van der Waals surface area contributed by atoms with E-state index in [0.29, 0.717) is 16.9 Å². The largest absolute Gasteiger partial charge is 0.497 e. The van der Waals surface area contributed by atoms with Gasteiger partial charge in [0.15, 0.2) is 18.2 Å². The van der Waals surface area contributed by atoms with Crippen LogP contribution in [0.15, 0.2) is 48.5 Å². The summed E-state index contributed by atoms with van der Waals surface area (Å²) < 4.78 is 10.0. The lowest BCUT2D eigenvalue weighted by Gasteiger charge is -2.06. The maximum Gasteiger partial charge on any atom is 0.306 e. The Morgan fingerprint density at radius 2 is 1.38 bits per heavy atom. The van der Waals surface area contributed by atoms with Crippen molar-refractivity contribution in [3.05, 3.63) is 65.2 Å². The molecule has 0 N–H and O–H groups in total. The van der Waals surface area contributed by atoms with Crippen LogP contribution in [0.4, 0.5) is 0 Å². The fourth-order valence-corrected chi connectivity index (χ4v) is 2.36. The van der Waals surface area contributed by atoms with E-state index in [0.717, 1.165) is 12.0 Å². The number of hydrogen-bond donors (Lipinski definition) is 0. The number of Topliss-reactive ketones (excluding diaryl/α,β-unsaturated/α-hetero) is 2. The van der Waals surface area contributed by atoms with Crippen LogP contribution in [0.2, 0.25) is 0 Å². The van der Waals surface area contributed by atoms with Gasteiger partial charge in [-0.3, -0.25) is 14.4 Å². The predicted octanol–water partition coefficient (Wildman–Crippen LogP) is 3.65. The van der Waals surface area contributed by atoms with E-state index in [-0.39, 0.29) is 31.0 Å². The summed E-state index contributed by atoms with van der Waals surface area (Å²) in [5.74, 6) is -0.328. The standard InChI is InChI=1S/C21H22O5/c1-3-15-4-6-17(7-5-15)20(23)14-26-21(24)13-12-19(22)16-8-10-18(25-2)11-9-16/h4-11H,3,12-14H2,1-2H3. The number of ketones is 2. The number of benzene rings is 2. The van der Waals surface area contributed by atoms with Gasteiger partial charge in [0.05, 0.1) is 13.5 Å². The van der Waals surface area contributed by atoms with Gasteiger partial charge in [-0.25, -0.2) is 0 Å². The summed E-state index contributed by atoms with van der Waals surface area (Å²) in [7, 11) is 1.55. The summed E-state index contributed by atoms with van der Waals surface area (Å²) in [6, 6.07) is 13.9. The zero-order valence-corrected chi connectivity index (χ0v) is 15.0. The van der Waals surface area contributed by atoms with E-state index in [4.69, 9.17) is 9.47 Å². The minimum absolute atomic E-state index is 0.0323. The number of carbonyl (C=O) groups is 3. The molecular weight excluding hydrogens is 332 g/mol. The van der Waals surface area contributed by atoms with Crippen LogP contribution in [0.3, 0.4) is 0 Å². The van der Waals surface area contributed by atoms with Gasteiger partial charge in [0.2, 0.25) is 0 Å². The average molecular weight is 354 g/mol. The summed E-state index contributed by atoms with van der Waals surface area (Å²) in [6.07, 6.45) is 0.864. The molecule has 136 valence electrons. The number of aryl methyl sites for hydroxylation is 1. The van der Waals surface area contributed by atoms with Crippen LogP contribution in [0.5, 0.6) is 5.75 Å². The Balaban J connectivity index is 1.77. The predicted molar refractivity (Wildman–Crippen MR) is 97.7 cm³/mol. The van der Waals surface area contributed by atoms with E-state index in [2.05, 4.69) is 0 Å². The van der Waals surface area contributed by atoms with Gasteiger partial charge in [0.25, 0.3) is 0 Å². The maximum absolute atomic E-state index is 12.1. The summed E-state index contributed by atoms with van der Waals surface area (Å²) >= 11 is 0. The Hall–Kier alpha value is -2.95. The highest BCUT2D eigenvalue weighted by molar-refractivity contribution is 5.99. The molecule has 0 amide bonds. The van der Waals surface area contributed by atoms with Crippen molar-refractivity contribution in [3.8, 4) is 5.75 Å². The molecule has 2 aromatic carbocycles. The highest BCUT2D eigenvalue weighted by Gasteiger charge is 2.13. The molecule has 0 atom stereocenters. The molecule has 0 spiro atoms. The third-order valence-corrected chi connectivity index (χ3v) is 4.02. The van der Waals surface area contributed by atoms with E-state index in [9.17, 15) is 14.4 Å². The van der Waals surface area contributed by atoms with Gasteiger partial charge in [-0.1, -0.05) is 31.2 Å². The van der Waals surface area contributed by atoms with Crippen LogP contribution < -0.4 is 4.74 Å². The van der Waals surface area contributed by atoms with Crippen molar-refractivity contribution in [2.24, 2.45) is 0 Å². The Kier molecular flexibility index (Phi) is 7.09. The Morgan fingerprint density at radius 3 is 1.96 bits per heavy atom. The summed E-state index contributed by atoms with van der Waals surface area (Å²) in [5.41, 5.74) is 2.14. The molecule has 26 heavy (non-hydrogen) atoms. The molecule has 0 aliphatic heterocycles. The molecular formula is C21H22O5. The molecule has 5 nitrogen and oxygen atoms in total. The van der Waals surface area contributed by atoms with Crippen molar-refractivity contribution in [3.63, 3.8) is 0 Å². The number of esters is 1. The minimum Gasteiger partial charge on any atom is -0.497 e. The second-order valence-electron chi connectivity index (χ2n) is 5.79. The molecule has 0 aromatic heterocycles. The van der Waals surface area contributed by atoms with Crippen molar-refractivity contribution in [1.29, 1.82) is 0 Å². The molecule has 2 aromatic rings. The van der Waals surface area contributed by atoms with Crippen molar-refractivity contribution in [2.45, 2.75) is 26.2 Å². The van der Waals surface area contributed by atoms with Crippen molar-refractivity contribution in [2.75, 3.05) is 13.7 Å². The van der Waals surface area contributed by atoms with Gasteiger partial charge < -0.3 is 9.47 Å². The van der Waals surface area contributed by atoms with Crippen LogP contribution in [-0.4, -0.2) is 31.3 Å². The van der Waals surface area contributed by atoms with Gasteiger partial charge >= 0.3 is 5.97 Å². The second kappa shape index (κ2) is 9.51. The van der Waals surface area contributed by atoms with Crippen LogP contribution in [0.1, 0.15) is 46.0 Å². The molecule has 0 aliphatic carbocycles. The van der Waals surface area contributed by atoms with Crippen LogP contribution >= 0.6 is 0 Å². The lowest BCUT2D eigenvalue weighted by atomic mass is 10.1. The topological polar surface area (TPSA) is 69.7 Å². The van der Waals surface area contributed by atoms with Gasteiger partial charge in [-0.2, -0.15) is 0 Å². The fraction of sp³-hybridized carbons (Fsp3) is 0.286. The Morgan fingerprint density at radius 1 is 0.808 bits per heavy atom. The third kappa shape index (κ3) is 5.55. The maximum atomic E-state index is 12.1. The molecule has 0 unspecified atom stereocenters. The van der Waals surface area contributed by atoms with Gasteiger partial charge in [0, 0.05) is 17.5 Å². The fourth-order valence-electron chi connectivity index (χ4n) is 2.36. The minimum atomic E-state index is -0.564. The number of rotatable bonds is 9. The van der Waals surface area contributed by atoms with Crippen LogP contribution in [0.25, 0.3) is 0 Å². The van der Waals surface area contributed by atoms with Crippen molar-refractivity contribution in [1.82, 2.24) is 0 Å². The van der Waals surface area contributed by atoms with E-state index in [1.54, 1.807) is 43.5 Å². The van der Waals surface area contributed by atoms with E-state index < -0.39 is 5.97 Å². The number of hydrogen-bond acceptors (Lipinski definition) is 5. The van der Waals surface area contributed by atoms with Crippen LogP contribution in [0, 0.1) is 0 Å². The first-order valence-corrected chi connectivity index (χ1v) is 8.48. The van der Waals surface area contributed by atoms with Gasteiger partial charge in [-0.15, -0.1) is 0 Å². The summed E-state index contributed by atoms with van der Waals surface area (Å²) in [5, 5.41) is 0. The molecule has 0 heterocycles. The molecule has 0 saturated heterocycles. The van der Waals surface area contributed by atoms with Gasteiger partial charge in [0.1, 0.15) is 5.75 Å². The number of methoxy groups -OCH3 is 1. The molecule has 0 bridgehead atoms. The van der Waals surface area contributed by atoms with E-state index in [1.807, 2.05) is 19.1 Å². The number of ether oxygens (including phenoxy) is 2. The van der Waals surface area contributed by atoms with E-state index >= 15 is 0 Å². The molecule has 0 aliphatic rings. The normalized spacial score (nSPS) is 10.2. The van der Waals surface area contributed by atoms with E-state index in [1.165, 1.54) is 0 Å². The Bertz CT molecular complexity index is 694. The first kappa shape index (κ1) is 19.4. The SMILES string of the molecule is CCc1ccc(C(=O)COC(=O)CCC(=O)c2ccc(OC)cc2)cc1. The summed E-state index contributed by atoms with van der Waals surface area (Å²) in [6.45, 7) is 1.72. The first-order valence-electron chi connectivity index (χ1n) is 8.48. The highest BCUT2D eigenvalue weighted by Crippen LogP contribution is 2.13. The van der Waals surface area contributed by atoms with Gasteiger partial charge in [-0.05, 0) is 36.2 Å². The Labute approximate surface area is 152 Å². The average Bonchev–Trinajstić information content (AvgIpc) is 2.70. The zero-order chi connectivity index (χ0) is 18.9. The molecule has 0 saturated carbocycles. The monoisotopic (exact) mass is 354 g/mol. The van der Waals surface area contributed by atoms with Crippen molar-refractivity contribution < 1.29 is 23.9 Å². The summed E-state index contributed by atoms with van der Waals surface area (Å²) in [4.78, 5) is 35.8. The highest BCUT2D eigenvalue weighted by atomic mass is 16.5. The lowest BCUT2D eigenvalue weighted by molar-refractivity contribution is -0.142. The van der Waals surface area contributed by atoms with Crippen molar-refractivity contribution >= 4 is 17.5 Å². The second-order valence-corrected chi connectivity index (χ2v) is 5.79. The lowest BCUT2D eigenvalue weighted by Crippen LogP contribution is -2.15. The quantitative estimate of drug-likeness (QED) is 0.508. The number of carbonyl (C=O) groups excluding carboxylic acids is 3. The molecule has 0 fully saturated rings. The molecule has 0 radical (unpaired) electrons. The zero-order valence-electron chi connectivity index (χ0n) is 15.0. The molecule has 5 heteroatoms. The molecule has 2 rings (SSSR count). The first-order chi connectivity index (χ1) is 12.5. The van der Waals surface area contributed by atoms with Crippen LogP contribution in [-0.2, 0) is 16.0 Å². The smallest absolute Gasteiger partial charge is 0.306 e.